The summed E-state index contributed by atoms with van der Waals surface area (Å²) < 4.78 is 20.0. The van der Waals surface area contributed by atoms with Crippen molar-refractivity contribution in [1.82, 2.24) is 9.47 Å². The van der Waals surface area contributed by atoms with Gasteiger partial charge in [-0.1, -0.05) is 36.4 Å². The largest absolute Gasteiger partial charge is 0.497 e. The summed E-state index contributed by atoms with van der Waals surface area (Å²) >= 11 is 0. The molecule has 1 unspecified atom stereocenters. The summed E-state index contributed by atoms with van der Waals surface area (Å²) in [6.07, 6.45) is 6.96. The molecule has 0 saturated heterocycles. The molecule has 1 aliphatic carbocycles. The Labute approximate surface area is 206 Å². The first-order valence-corrected chi connectivity index (χ1v) is 12.3. The smallest absolute Gasteiger partial charge is 0.191 e. The minimum absolute atomic E-state index is 0.0204. The predicted octanol–water partition coefficient (Wildman–Crippen LogP) is 4.55. The molecule has 0 bridgehead atoms. The Morgan fingerprint density at radius 1 is 1.11 bits per heavy atom. The summed E-state index contributed by atoms with van der Waals surface area (Å²) in [7, 11) is 3.44. The molecule has 3 aromatic rings. The maximum Gasteiger partial charge on any atom is 0.191 e. The molecule has 6 heteroatoms. The molecule has 1 N–H and O–H groups in total. The number of fused-ring (bicyclic) bond motifs is 5. The van der Waals surface area contributed by atoms with E-state index in [1.165, 1.54) is 27.8 Å². The zero-order valence-corrected chi connectivity index (χ0v) is 20.4. The van der Waals surface area contributed by atoms with Gasteiger partial charge >= 0.3 is 0 Å². The van der Waals surface area contributed by atoms with Gasteiger partial charge in [0.15, 0.2) is 5.79 Å². The Hall–Kier alpha value is -2.90. The molecule has 2 atom stereocenters. The van der Waals surface area contributed by atoms with Crippen molar-refractivity contribution in [2.24, 2.45) is 0 Å². The Morgan fingerprint density at radius 2 is 1.97 bits per heavy atom. The van der Waals surface area contributed by atoms with Crippen LogP contribution < -0.4 is 4.74 Å². The van der Waals surface area contributed by atoms with Crippen molar-refractivity contribution in [2.75, 3.05) is 20.8 Å². The van der Waals surface area contributed by atoms with Gasteiger partial charge in [-0.2, -0.15) is 0 Å². The molecule has 0 radical (unpaired) electrons. The van der Waals surface area contributed by atoms with E-state index in [9.17, 15) is 5.11 Å². The monoisotopic (exact) mass is 472 g/mol. The molecular weight excluding hydrogens is 440 g/mol. The summed E-state index contributed by atoms with van der Waals surface area (Å²) in [5.74, 6) is 0.0787. The number of ether oxygens (including phenoxy) is 3. The van der Waals surface area contributed by atoms with Gasteiger partial charge in [-0.15, -0.1) is 0 Å². The summed E-state index contributed by atoms with van der Waals surface area (Å²) in [6.45, 7) is 2.31. The van der Waals surface area contributed by atoms with Gasteiger partial charge in [0.25, 0.3) is 0 Å². The highest BCUT2D eigenvalue weighted by atomic mass is 16.7. The van der Waals surface area contributed by atoms with E-state index in [2.05, 4.69) is 41.3 Å². The maximum atomic E-state index is 10.2. The van der Waals surface area contributed by atoms with E-state index in [4.69, 9.17) is 14.2 Å². The van der Waals surface area contributed by atoms with Gasteiger partial charge < -0.3 is 23.9 Å². The highest BCUT2D eigenvalue weighted by Crippen LogP contribution is 2.44. The lowest BCUT2D eigenvalue weighted by molar-refractivity contribution is -0.196. The van der Waals surface area contributed by atoms with E-state index in [-0.39, 0.29) is 12.8 Å². The van der Waals surface area contributed by atoms with Crippen molar-refractivity contribution < 1.29 is 19.3 Å². The number of hydrogen-bond donors (Lipinski definition) is 1. The molecule has 0 amide bonds. The third kappa shape index (κ3) is 3.81. The van der Waals surface area contributed by atoms with Gasteiger partial charge in [0, 0.05) is 43.7 Å². The minimum Gasteiger partial charge on any atom is -0.497 e. The van der Waals surface area contributed by atoms with Crippen molar-refractivity contribution in [3.8, 4) is 5.75 Å². The Kier molecular flexibility index (Phi) is 5.77. The highest BCUT2D eigenvalue weighted by Gasteiger charge is 2.42. The average molecular weight is 473 g/mol. The van der Waals surface area contributed by atoms with E-state index >= 15 is 0 Å². The van der Waals surface area contributed by atoms with E-state index < -0.39 is 5.79 Å². The van der Waals surface area contributed by atoms with Crippen LogP contribution in [0.25, 0.3) is 10.9 Å². The number of aliphatic hydroxyl groups excluding tert-OH is 1. The molecule has 2 aliphatic heterocycles. The first-order chi connectivity index (χ1) is 17.1. The minimum atomic E-state index is -0.764. The lowest BCUT2D eigenvalue weighted by Gasteiger charge is -2.45. The number of methoxy groups -OCH3 is 2. The second-order valence-corrected chi connectivity index (χ2v) is 9.67. The van der Waals surface area contributed by atoms with Crippen LogP contribution in [0, 0.1) is 0 Å². The number of benzene rings is 2. The van der Waals surface area contributed by atoms with E-state index in [1.54, 1.807) is 14.2 Å². The molecule has 2 aromatic carbocycles. The Morgan fingerprint density at radius 3 is 2.74 bits per heavy atom. The van der Waals surface area contributed by atoms with Gasteiger partial charge in [-0.05, 0) is 59.4 Å². The number of rotatable bonds is 6. The molecule has 6 rings (SSSR count). The molecule has 6 nitrogen and oxygen atoms in total. The molecule has 3 heterocycles. The SMILES string of the molecule is COc1ccc2c(c1)c1c(n2CO)CN2CCC3=C(C[C@@](OC)(OCc4ccccc4)C=C3)C2C1. The van der Waals surface area contributed by atoms with Crippen molar-refractivity contribution in [3.63, 3.8) is 0 Å². The molecule has 182 valence electrons. The Bertz CT molecular complexity index is 1310. The van der Waals surface area contributed by atoms with Crippen LogP contribution in [0.4, 0.5) is 0 Å². The van der Waals surface area contributed by atoms with Crippen molar-refractivity contribution in [1.29, 1.82) is 0 Å². The van der Waals surface area contributed by atoms with E-state index in [1.807, 2.05) is 28.8 Å². The summed E-state index contributed by atoms with van der Waals surface area (Å²) in [5, 5.41) is 11.4. The molecule has 0 fully saturated rings. The average Bonchev–Trinajstić information content (AvgIpc) is 3.22. The highest BCUT2D eigenvalue weighted by molar-refractivity contribution is 5.87. The van der Waals surface area contributed by atoms with Gasteiger partial charge in [0.2, 0.25) is 0 Å². The van der Waals surface area contributed by atoms with Crippen LogP contribution >= 0.6 is 0 Å². The molecule has 35 heavy (non-hydrogen) atoms. The van der Waals surface area contributed by atoms with Crippen LogP contribution in [-0.2, 0) is 35.8 Å². The fourth-order valence-electron chi connectivity index (χ4n) is 6.05. The maximum absolute atomic E-state index is 10.2. The topological polar surface area (TPSA) is 56.1 Å². The molecular formula is C29H32N2O4. The third-order valence-electron chi connectivity index (χ3n) is 7.96. The standard InChI is InChI=1S/C29H32N2O4/c1-33-22-8-9-26-23(14-22)24-15-27-25-16-29(34-2,35-18-20-6-4-3-5-7-20)12-10-21(25)11-13-30(27)17-28(24)31(26)19-32/h3-10,12,14,27,32H,11,13,15-19H2,1-2H3/t27?,29-/m0/s1. The normalized spacial score (nSPS) is 23.8. The van der Waals surface area contributed by atoms with Crippen LogP contribution in [0.2, 0.25) is 0 Å². The van der Waals surface area contributed by atoms with Crippen molar-refractivity contribution in [2.45, 2.75) is 51.0 Å². The lowest BCUT2D eigenvalue weighted by Crippen LogP contribution is -2.48. The third-order valence-corrected chi connectivity index (χ3v) is 7.96. The lowest BCUT2D eigenvalue weighted by atomic mass is 9.79. The van der Waals surface area contributed by atoms with Gasteiger partial charge in [0.05, 0.1) is 19.2 Å². The second-order valence-electron chi connectivity index (χ2n) is 9.67. The van der Waals surface area contributed by atoms with Crippen LogP contribution in [0.5, 0.6) is 5.75 Å². The van der Waals surface area contributed by atoms with Crippen LogP contribution in [-0.4, -0.2) is 47.2 Å². The fourth-order valence-corrected chi connectivity index (χ4v) is 6.05. The number of aliphatic hydroxyl groups is 1. The quantitative estimate of drug-likeness (QED) is 0.534. The zero-order chi connectivity index (χ0) is 24.0. The summed E-state index contributed by atoms with van der Waals surface area (Å²) in [5.41, 5.74) is 7.54. The number of aromatic nitrogens is 1. The first-order valence-electron chi connectivity index (χ1n) is 12.3. The van der Waals surface area contributed by atoms with E-state index in [0.717, 1.165) is 49.2 Å². The van der Waals surface area contributed by atoms with E-state index in [0.29, 0.717) is 6.61 Å². The molecule has 0 saturated carbocycles. The second kappa shape index (κ2) is 8.95. The summed E-state index contributed by atoms with van der Waals surface area (Å²) in [6, 6.07) is 16.7. The van der Waals surface area contributed by atoms with Crippen LogP contribution in [0.15, 0.2) is 71.8 Å². The summed E-state index contributed by atoms with van der Waals surface area (Å²) in [4.78, 5) is 2.56. The van der Waals surface area contributed by atoms with Gasteiger partial charge in [0.1, 0.15) is 12.5 Å². The van der Waals surface area contributed by atoms with Gasteiger partial charge in [-0.25, -0.2) is 0 Å². The Balaban J connectivity index is 1.33. The number of allylic oxidation sites excluding steroid dienone is 1. The predicted molar refractivity (Wildman–Crippen MR) is 135 cm³/mol. The molecule has 3 aliphatic rings. The first kappa shape index (κ1) is 22.6. The molecule has 0 spiro atoms. The van der Waals surface area contributed by atoms with Gasteiger partial charge in [-0.3, -0.25) is 4.90 Å². The fraction of sp³-hybridized carbons (Fsp3) is 0.379. The molecule has 1 aromatic heterocycles. The van der Waals surface area contributed by atoms with Crippen LogP contribution in [0.3, 0.4) is 0 Å². The van der Waals surface area contributed by atoms with Crippen molar-refractivity contribution >= 4 is 10.9 Å². The van der Waals surface area contributed by atoms with Crippen LogP contribution in [0.1, 0.15) is 29.7 Å². The van der Waals surface area contributed by atoms with Crippen molar-refractivity contribution in [3.05, 3.63) is 88.7 Å². The number of hydrogen-bond acceptors (Lipinski definition) is 5. The zero-order valence-electron chi connectivity index (χ0n) is 20.4. The number of nitrogens with zero attached hydrogens (tertiary/aromatic N) is 2.